The highest BCUT2D eigenvalue weighted by Crippen LogP contribution is 2.21. The number of carbonyl (C=O) groups excluding carboxylic acids is 1. The molecule has 0 radical (unpaired) electrons. The summed E-state index contributed by atoms with van der Waals surface area (Å²) in [5.41, 5.74) is 1.52. The third-order valence-electron chi connectivity index (χ3n) is 3.75. The molecule has 0 bridgehead atoms. The van der Waals surface area contributed by atoms with E-state index in [0.717, 1.165) is 0 Å². The quantitative estimate of drug-likeness (QED) is 0.420. The second-order valence-corrected chi connectivity index (χ2v) is 8.36. The van der Waals surface area contributed by atoms with E-state index in [9.17, 15) is 18.3 Å². The molecule has 2 N–H and O–H groups in total. The summed E-state index contributed by atoms with van der Waals surface area (Å²) in [7, 11) is -3.88. The predicted molar refractivity (Wildman–Crippen MR) is 114 cm³/mol. The third-order valence-corrected chi connectivity index (χ3v) is 4.96. The van der Waals surface area contributed by atoms with Crippen molar-refractivity contribution in [3.05, 3.63) is 106 Å². The molecule has 152 valence electrons. The lowest BCUT2D eigenvalue weighted by Crippen LogP contribution is -2.12. The van der Waals surface area contributed by atoms with Gasteiger partial charge >= 0.3 is 0 Å². The lowest BCUT2D eigenvalue weighted by Gasteiger charge is -2.10. The summed E-state index contributed by atoms with van der Waals surface area (Å²) in [4.78, 5) is 12.0. The summed E-state index contributed by atoms with van der Waals surface area (Å²) in [6.45, 7) is 0. The molecule has 8 heteroatoms. The molecule has 0 amide bonds. The zero-order valence-corrected chi connectivity index (χ0v) is 17.4. The van der Waals surface area contributed by atoms with E-state index < -0.39 is 16.2 Å². The Labute approximate surface area is 179 Å². The second-order valence-electron chi connectivity index (χ2n) is 6.04. The average molecular weight is 453 g/mol. The minimum absolute atomic E-state index is 0.312. The van der Waals surface area contributed by atoms with Crippen LogP contribution in [0.5, 0.6) is 0 Å². The number of ketones is 1. The fourth-order valence-corrected chi connectivity index (χ4v) is 3.22. The molecule has 0 fully saturated rings. The van der Waals surface area contributed by atoms with Crippen LogP contribution in [0.3, 0.4) is 0 Å². The van der Waals surface area contributed by atoms with Gasteiger partial charge in [0.05, 0.1) is 0 Å². The van der Waals surface area contributed by atoms with E-state index in [4.69, 9.17) is 27.8 Å². The molecule has 0 aromatic heterocycles. The highest BCUT2D eigenvalue weighted by atomic mass is 35.5. The number of halogens is 2. The van der Waals surface area contributed by atoms with Gasteiger partial charge in [-0.25, -0.2) is 0 Å². The van der Waals surface area contributed by atoms with Crippen molar-refractivity contribution >= 4 is 39.1 Å². The lowest BCUT2D eigenvalue weighted by molar-refractivity contribution is 0.0747. The summed E-state index contributed by atoms with van der Waals surface area (Å²) in [5, 5.41) is 11.1. The summed E-state index contributed by atoms with van der Waals surface area (Å²) in [5.74, 6) is -0.678. The largest absolute Gasteiger partial charge is 0.380 e. The van der Waals surface area contributed by atoms with Crippen LogP contribution in [-0.4, -0.2) is 23.9 Å². The van der Waals surface area contributed by atoms with E-state index in [1.54, 1.807) is 78.9 Å². The van der Waals surface area contributed by atoms with Crippen LogP contribution in [0, 0.1) is 0 Å². The fraction of sp³-hybridized carbons (Fsp3) is 0.0952. The second kappa shape index (κ2) is 10.5. The Morgan fingerprint density at radius 3 is 1.79 bits per heavy atom. The van der Waals surface area contributed by atoms with Gasteiger partial charge in [0.15, 0.2) is 5.78 Å². The molecule has 0 spiro atoms. The number of rotatable bonds is 5. The van der Waals surface area contributed by atoms with Gasteiger partial charge in [-0.15, -0.1) is 0 Å². The molecule has 0 saturated heterocycles. The van der Waals surface area contributed by atoms with Crippen molar-refractivity contribution < 1.29 is 22.9 Å². The smallest absolute Gasteiger partial charge is 0.269 e. The van der Waals surface area contributed by atoms with E-state index in [-0.39, 0.29) is 11.5 Å². The Hall–Kier alpha value is -2.22. The van der Waals surface area contributed by atoms with Crippen molar-refractivity contribution in [2.24, 2.45) is 0 Å². The Kier molecular flexibility index (Phi) is 8.37. The highest BCUT2D eigenvalue weighted by molar-refractivity contribution is 7.85. The molecule has 0 aliphatic heterocycles. The molecule has 3 rings (SSSR count). The summed E-state index contributed by atoms with van der Waals surface area (Å²) in [6, 6.07) is 21.4. The number of hydrogen-bond donors (Lipinski definition) is 2. The van der Waals surface area contributed by atoms with E-state index in [2.05, 4.69) is 0 Å². The average Bonchev–Trinajstić information content (AvgIpc) is 2.68. The number of carbonyl (C=O) groups is 1. The van der Waals surface area contributed by atoms with Gasteiger partial charge in [-0.3, -0.25) is 9.35 Å². The first-order valence-electron chi connectivity index (χ1n) is 8.38. The van der Waals surface area contributed by atoms with Gasteiger partial charge in [-0.1, -0.05) is 65.7 Å². The van der Waals surface area contributed by atoms with Crippen LogP contribution in [0.1, 0.15) is 27.6 Å². The Morgan fingerprint density at radius 2 is 1.31 bits per heavy atom. The van der Waals surface area contributed by atoms with Crippen LogP contribution in [0.4, 0.5) is 0 Å². The van der Waals surface area contributed by atoms with Crippen LogP contribution in [-0.2, 0) is 15.9 Å². The lowest BCUT2D eigenvalue weighted by atomic mass is 10.0. The minimum atomic E-state index is -3.88. The van der Waals surface area contributed by atoms with Crippen LogP contribution < -0.4 is 0 Å². The van der Waals surface area contributed by atoms with Gasteiger partial charge in [0.2, 0.25) is 0 Å². The molecule has 1 atom stereocenters. The first-order chi connectivity index (χ1) is 13.7. The van der Waals surface area contributed by atoms with Crippen molar-refractivity contribution in [2.75, 3.05) is 0 Å². The summed E-state index contributed by atoms with van der Waals surface area (Å²) >= 11 is 11.5. The monoisotopic (exact) mass is 452 g/mol. The molecule has 0 aliphatic carbocycles. The third kappa shape index (κ3) is 7.97. The Bertz CT molecular complexity index is 1030. The van der Waals surface area contributed by atoms with E-state index >= 15 is 0 Å². The molecule has 0 saturated carbocycles. The van der Waals surface area contributed by atoms with Crippen LogP contribution in [0.15, 0.2) is 78.9 Å². The zero-order chi connectivity index (χ0) is 21.4. The molecule has 0 heterocycles. The maximum absolute atomic E-state index is 12.0. The van der Waals surface area contributed by atoms with Gasteiger partial charge in [-0.05, 0) is 47.5 Å². The molecule has 1 unspecified atom stereocenters. The SMILES string of the molecule is O=C(c1ccc(Cl)cc1)C(O)c1ccc(Cl)cc1.O=S(=O)(O)Cc1ccccc1. The molecule has 3 aromatic rings. The fourth-order valence-electron chi connectivity index (χ4n) is 2.35. The standard InChI is InChI=1S/C14H10Cl2O2.C7H8O3S/c15-11-5-1-9(2-6-11)13(17)14(18)10-3-7-12(16)8-4-10;8-11(9,10)6-7-4-2-1-3-5-7/h1-8,13,17H;1-5H,6H2,(H,8,9,10). The van der Waals surface area contributed by atoms with Crippen LogP contribution in [0.25, 0.3) is 0 Å². The maximum atomic E-state index is 12.0. The summed E-state index contributed by atoms with van der Waals surface area (Å²) < 4.78 is 29.2. The number of Topliss-reactive ketones (excluding diaryl/α,β-unsaturated/α-hetero) is 1. The number of benzene rings is 3. The first kappa shape index (κ1) is 23.1. The Morgan fingerprint density at radius 1 is 0.828 bits per heavy atom. The van der Waals surface area contributed by atoms with Crippen molar-refractivity contribution in [3.63, 3.8) is 0 Å². The molecule has 0 aliphatic rings. The topological polar surface area (TPSA) is 91.7 Å². The van der Waals surface area contributed by atoms with Gasteiger partial charge in [0.1, 0.15) is 11.9 Å². The number of hydrogen-bond acceptors (Lipinski definition) is 4. The van der Waals surface area contributed by atoms with E-state index in [1.807, 2.05) is 0 Å². The zero-order valence-electron chi connectivity index (χ0n) is 15.1. The number of aliphatic hydroxyl groups excluding tert-OH is 1. The van der Waals surface area contributed by atoms with Crippen molar-refractivity contribution in [1.82, 2.24) is 0 Å². The summed E-state index contributed by atoms with van der Waals surface area (Å²) in [6.07, 6.45) is -1.19. The predicted octanol–water partition coefficient (Wildman–Crippen LogP) is 4.98. The maximum Gasteiger partial charge on any atom is 0.269 e. The van der Waals surface area contributed by atoms with Crippen LogP contribution in [0.2, 0.25) is 10.0 Å². The molecule has 29 heavy (non-hydrogen) atoms. The normalized spacial score (nSPS) is 11.9. The van der Waals surface area contributed by atoms with Crippen LogP contribution >= 0.6 is 23.2 Å². The first-order valence-corrected chi connectivity index (χ1v) is 10.7. The van der Waals surface area contributed by atoms with Gasteiger partial charge in [0, 0.05) is 15.6 Å². The molecular formula is C21H18Cl2O5S. The van der Waals surface area contributed by atoms with E-state index in [1.165, 1.54) is 0 Å². The van der Waals surface area contributed by atoms with Gasteiger partial charge < -0.3 is 5.11 Å². The highest BCUT2D eigenvalue weighted by Gasteiger charge is 2.18. The molecule has 3 aromatic carbocycles. The Balaban J connectivity index is 0.000000234. The number of aliphatic hydroxyl groups is 1. The van der Waals surface area contributed by atoms with E-state index in [0.29, 0.717) is 26.7 Å². The van der Waals surface area contributed by atoms with Gasteiger partial charge in [-0.2, -0.15) is 8.42 Å². The molecule has 5 nitrogen and oxygen atoms in total. The molecular weight excluding hydrogens is 435 g/mol. The van der Waals surface area contributed by atoms with Crippen molar-refractivity contribution in [2.45, 2.75) is 11.9 Å². The van der Waals surface area contributed by atoms with Crippen molar-refractivity contribution in [1.29, 1.82) is 0 Å². The minimum Gasteiger partial charge on any atom is -0.380 e. The van der Waals surface area contributed by atoms with Crippen molar-refractivity contribution in [3.8, 4) is 0 Å². The van der Waals surface area contributed by atoms with Gasteiger partial charge in [0.25, 0.3) is 10.1 Å².